The molecule has 1 N–H and O–H groups in total. The molecule has 0 bridgehead atoms. The zero-order chi connectivity index (χ0) is 14.9. The number of pyridine rings is 1. The lowest BCUT2D eigenvalue weighted by atomic mass is 10.1. The molecule has 0 saturated carbocycles. The van der Waals surface area contributed by atoms with Gasteiger partial charge in [0, 0.05) is 29.9 Å². The molecular weight excluding hydrogens is 260 g/mol. The maximum Gasteiger partial charge on any atom is 0.0991 e. The number of nitrogens with zero attached hydrogens (tertiary/aromatic N) is 3. The number of hydrogen-bond acceptors (Lipinski definition) is 3. The SMILES string of the molecule is CC(C)(C)NCc1cc(-n2ccnc2)c2ccccc2n1. The van der Waals surface area contributed by atoms with Gasteiger partial charge in [0.15, 0.2) is 0 Å². The van der Waals surface area contributed by atoms with Crippen LogP contribution in [0.1, 0.15) is 26.5 Å². The number of hydrogen-bond donors (Lipinski definition) is 1. The van der Waals surface area contributed by atoms with Gasteiger partial charge in [0.25, 0.3) is 0 Å². The van der Waals surface area contributed by atoms with E-state index in [1.165, 1.54) is 0 Å². The van der Waals surface area contributed by atoms with E-state index < -0.39 is 0 Å². The summed E-state index contributed by atoms with van der Waals surface area (Å²) < 4.78 is 2.03. The Morgan fingerprint density at radius 1 is 1.19 bits per heavy atom. The van der Waals surface area contributed by atoms with Gasteiger partial charge in [-0.05, 0) is 32.9 Å². The third-order valence-electron chi connectivity index (χ3n) is 3.33. The van der Waals surface area contributed by atoms with Gasteiger partial charge in [0.05, 0.1) is 23.2 Å². The number of rotatable bonds is 3. The van der Waals surface area contributed by atoms with Gasteiger partial charge in [-0.3, -0.25) is 4.98 Å². The smallest absolute Gasteiger partial charge is 0.0991 e. The molecule has 4 nitrogen and oxygen atoms in total. The molecule has 0 amide bonds. The van der Waals surface area contributed by atoms with E-state index in [0.29, 0.717) is 0 Å². The first-order valence-electron chi connectivity index (χ1n) is 7.15. The van der Waals surface area contributed by atoms with Crippen LogP contribution in [-0.2, 0) is 6.54 Å². The van der Waals surface area contributed by atoms with Crippen molar-refractivity contribution in [3.8, 4) is 5.69 Å². The second kappa shape index (κ2) is 5.30. The monoisotopic (exact) mass is 280 g/mol. The van der Waals surface area contributed by atoms with Crippen molar-refractivity contribution in [3.63, 3.8) is 0 Å². The van der Waals surface area contributed by atoms with Crippen LogP contribution in [0.2, 0.25) is 0 Å². The van der Waals surface area contributed by atoms with Crippen LogP contribution in [0, 0.1) is 0 Å². The quantitative estimate of drug-likeness (QED) is 0.800. The Morgan fingerprint density at radius 3 is 2.71 bits per heavy atom. The average Bonchev–Trinajstić information content (AvgIpc) is 2.97. The van der Waals surface area contributed by atoms with Gasteiger partial charge in [-0.25, -0.2) is 4.98 Å². The Bertz CT molecular complexity index is 739. The topological polar surface area (TPSA) is 42.7 Å². The Morgan fingerprint density at radius 2 is 2.00 bits per heavy atom. The minimum atomic E-state index is 0.0719. The number of nitrogens with one attached hydrogen (secondary N) is 1. The fourth-order valence-electron chi connectivity index (χ4n) is 2.27. The van der Waals surface area contributed by atoms with Gasteiger partial charge < -0.3 is 9.88 Å². The van der Waals surface area contributed by atoms with E-state index in [1.807, 2.05) is 29.2 Å². The van der Waals surface area contributed by atoms with Gasteiger partial charge in [-0.2, -0.15) is 0 Å². The predicted octanol–water partition coefficient (Wildman–Crippen LogP) is 3.31. The number of aromatic nitrogens is 3. The number of fused-ring (bicyclic) bond motifs is 1. The van der Waals surface area contributed by atoms with Crippen molar-refractivity contribution in [3.05, 3.63) is 54.7 Å². The van der Waals surface area contributed by atoms with E-state index in [4.69, 9.17) is 4.98 Å². The van der Waals surface area contributed by atoms with Crippen LogP contribution in [-0.4, -0.2) is 20.1 Å². The van der Waals surface area contributed by atoms with Gasteiger partial charge in [0.2, 0.25) is 0 Å². The first-order chi connectivity index (χ1) is 10.0. The molecule has 2 aromatic heterocycles. The molecule has 0 atom stereocenters. The minimum absolute atomic E-state index is 0.0719. The Kier molecular flexibility index (Phi) is 3.47. The molecule has 0 aliphatic heterocycles. The van der Waals surface area contributed by atoms with Crippen molar-refractivity contribution in [2.75, 3.05) is 0 Å². The zero-order valence-corrected chi connectivity index (χ0v) is 12.7. The summed E-state index contributed by atoms with van der Waals surface area (Å²) in [6.07, 6.45) is 5.58. The molecular formula is C17H20N4. The van der Waals surface area contributed by atoms with Crippen LogP contribution in [0.3, 0.4) is 0 Å². The number of imidazole rings is 1. The highest BCUT2D eigenvalue weighted by molar-refractivity contribution is 5.87. The molecule has 2 heterocycles. The summed E-state index contributed by atoms with van der Waals surface area (Å²) in [7, 11) is 0. The molecule has 0 radical (unpaired) electrons. The standard InChI is InChI=1S/C17H20N4/c1-17(2,3)19-11-13-10-16(21-9-8-18-12-21)14-6-4-5-7-15(14)20-13/h4-10,12,19H,11H2,1-3H3. The Hall–Kier alpha value is -2.20. The van der Waals surface area contributed by atoms with E-state index in [0.717, 1.165) is 28.8 Å². The summed E-state index contributed by atoms with van der Waals surface area (Å²) in [5.74, 6) is 0. The van der Waals surface area contributed by atoms with Gasteiger partial charge in [-0.1, -0.05) is 18.2 Å². The normalized spacial score (nSPS) is 12.0. The van der Waals surface area contributed by atoms with Crippen LogP contribution in [0.15, 0.2) is 49.1 Å². The average molecular weight is 280 g/mol. The second-order valence-electron chi connectivity index (χ2n) is 6.22. The molecule has 3 aromatic rings. The molecule has 0 aliphatic rings. The first kappa shape index (κ1) is 13.8. The van der Waals surface area contributed by atoms with E-state index in [9.17, 15) is 0 Å². The summed E-state index contributed by atoms with van der Waals surface area (Å²) >= 11 is 0. The third kappa shape index (κ3) is 3.11. The lowest BCUT2D eigenvalue weighted by Crippen LogP contribution is -2.35. The van der Waals surface area contributed by atoms with Gasteiger partial charge >= 0.3 is 0 Å². The van der Waals surface area contributed by atoms with E-state index in [-0.39, 0.29) is 5.54 Å². The Labute approximate surface area is 124 Å². The molecule has 3 rings (SSSR count). The minimum Gasteiger partial charge on any atom is -0.306 e. The summed E-state index contributed by atoms with van der Waals surface area (Å²) in [5, 5.41) is 4.62. The van der Waals surface area contributed by atoms with E-state index >= 15 is 0 Å². The van der Waals surface area contributed by atoms with Crippen molar-refractivity contribution in [2.24, 2.45) is 0 Å². The molecule has 0 fully saturated rings. The largest absolute Gasteiger partial charge is 0.306 e. The summed E-state index contributed by atoms with van der Waals surface area (Å²) in [6.45, 7) is 7.22. The van der Waals surface area contributed by atoms with E-state index in [2.05, 4.69) is 49.3 Å². The highest BCUT2D eigenvalue weighted by atomic mass is 15.0. The summed E-state index contributed by atoms with van der Waals surface area (Å²) in [6, 6.07) is 10.3. The van der Waals surface area contributed by atoms with Crippen molar-refractivity contribution < 1.29 is 0 Å². The van der Waals surface area contributed by atoms with Crippen LogP contribution < -0.4 is 5.32 Å². The second-order valence-corrected chi connectivity index (χ2v) is 6.22. The van der Waals surface area contributed by atoms with Crippen molar-refractivity contribution >= 4 is 10.9 Å². The fraction of sp³-hybridized carbons (Fsp3) is 0.294. The Balaban J connectivity index is 2.07. The van der Waals surface area contributed by atoms with Crippen LogP contribution in [0.5, 0.6) is 0 Å². The molecule has 0 saturated heterocycles. The molecule has 108 valence electrons. The maximum atomic E-state index is 4.75. The zero-order valence-electron chi connectivity index (χ0n) is 12.7. The predicted molar refractivity (Wildman–Crippen MR) is 85.5 cm³/mol. The van der Waals surface area contributed by atoms with Crippen LogP contribution in [0.25, 0.3) is 16.6 Å². The van der Waals surface area contributed by atoms with Gasteiger partial charge in [-0.15, -0.1) is 0 Å². The number of para-hydroxylation sites is 1. The lowest BCUT2D eigenvalue weighted by molar-refractivity contribution is 0.421. The van der Waals surface area contributed by atoms with Gasteiger partial charge in [0.1, 0.15) is 0 Å². The highest BCUT2D eigenvalue weighted by Gasteiger charge is 2.11. The molecule has 4 heteroatoms. The van der Waals surface area contributed by atoms with Crippen molar-refractivity contribution in [1.29, 1.82) is 0 Å². The van der Waals surface area contributed by atoms with Crippen LogP contribution in [0.4, 0.5) is 0 Å². The lowest BCUT2D eigenvalue weighted by Gasteiger charge is -2.20. The molecule has 0 unspecified atom stereocenters. The molecule has 0 aliphatic carbocycles. The summed E-state index contributed by atoms with van der Waals surface area (Å²) in [5.41, 5.74) is 3.23. The molecule has 21 heavy (non-hydrogen) atoms. The molecule has 0 spiro atoms. The third-order valence-corrected chi connectivity index (χ3v) is 3.33. The molecule has 1 aromatic carbocycles. The van der Waals surface area contributed by atoms with Crippen molar-refractivity contribution in [2.45, 2.75) is 32.9 Å². The highest BCUT2D eigenvalue weighted by Crippen LogP contribution is 2.22. The van der Waals surface area contributed by atoms with Crippen LogP contribution >= 0.6 is 0 Å². The summed E-state index contributed by atoms with van der Waals surface area (Å²) in [4.78, 5) is 8.90. The fourth-order valence-corrected chi connectivity index (χ4v) is 2.27. The first-order valence-corrected chi connectivity index (χ1v) is 7.15. The number of benzene rings is 1. The maximum absolute atomic E-state index is 4.75. The van der Waals surface area contributed by atoms with Crippen molar-refractivity contribution in [1.82, 2.24) is 19.9 Å². The van der Waals surface area contributed by atoms with E-state index in [1.54, 1.807) is 6.20 Å².